The van der Waals surface area contributed by atoms with Gasteiger partial charge in [-0.25, -0.2) is 0 Å². The second kappa shape index (κ2) is 6.89. The summed E-state index contributed by atoms with van der Waals surface area (Å²) in [7, 11) is 2.15. The normalized spacial score (nSPS) is 11.4. The molecule has 3 heteroatoms. The van der Waals surface area contributed by atoms with E-state index in [1.807, 2.05) is 12.1 Å². The predicted molar refractivity (Wildman–Crippen MR) is 70.9 cm³/mol. The minimum atomic E-state index is 0.609. The molecule has 0 fully saturated rings. The topological polar surface area (TPSA) is 15.3 Å². The Hall–Kier alpha value is -0.570. The molecule has 0 saturated carbocycles. The second-order valence-corrected chi connectivity index (χ2v) is 4.81. The van der Waals surface area contributed by atoms with Gasteiger partial charge in [-0.2, -0.15) is 0 Å². The lowest BCUT2D eigenvalue weighted by Gasteiger charge is -2.20. The van der Waals surface area contributed by atoms with Gasteiger partial charge >= 0.3 is 0 Å². The van der Waals surface area contributed by atoms with Crippen molar-refractivity contribution in [2.75, 3.05) is 20.1 Å². The molecule has 0 aliphatic heterocycles. The first-order chi connectivity index (χ1) is 7.59. The zero-order valence-corrected chi connectivity index (χ0v) is 11.1. The molecule has 1 aromatic rings. The highest BCUT2D eigenvalue weighted by Crippen LogP contribution is 2.08. The molecule has 0 saturated heterocycles. The van der Waals surface area contributed by atoms with E-state index in [4.69, 9.17) is 11.6 Å². The van der Waals surface area contributed by atoms with Gasteiger partial charge in [0.25, 0.3) is 0 Å². The first kappa shape index (κ1) is 13.5. The van der Waals surface area contributed by atoms with Crippen LogP contribution >= 0.6 is 11.6 Å². The van der Waals surface area contributed by atoms with Crippen molar-refractivity contribution in [2.45, 2.75) is 26.4 Å². The van der Waals surface area contributed by atoms with Gasteiger partial charge in [0, 0.05) is 30.7 Å². The molecule has 0 heterocycles. The lowest BCUT2D eigenvalue weighted by molar-refractivity contribution is 0.273. The fourth-order valence-corrected chi connectivity index (χ4v) is 1.47. The highest BCUT2D eigenvalue weighted by atomic mass is 35.5. The van der Waals surface area contributed by atoms with Gasteiger partial charge in [-0.1, -0.05) is 23.7 Å². The summed E-state index contributed by atoms with van der Waals surface area (Å²) < 4.78 is 0. The summed E-state index contributed by atoms with van der Waals surface area (Å²) in [4.78, 5) is 2.33. The summed E-state index contributed by atoms with van der Waals surface area (Å²) in [5, 5.41) is 4.22. The fraction of sp³-hybridized carbons (Fsp3) is 0.538. The molecular weight excluding hydrogens is 220 g/mol. The number of nitrogens with zero attached hydrogens (tertiary/aromatic N) is 1. The van der Waals surface area contributed by atoms with Gasteiger partial charge in [0.2, 0.25) is 0 Å². The number of hydrogen-bond donors (Lipinski definition) is 1. The van der Waals surface area contributed by atoms with E-state index in [-0.39, 0.29) is 0 Å². The monoisotopic (exact) mass is 240 g/mol. The summed E-state index contributed by atoms with van der Waals surface area (Å²) in [5.74, 6) is 0. The van der Waals surface area contributed by atoms with Crippen molar-refractivity contribution in [3.05, 3.63) is 34.9 Å². The van der Waals surface area contributed by atoms with Crippen molar-refractivity contribution in [2.24, 2.45) is 0 Å². The number of halogens is 1. The Labute approximate surface area is 104 Å². The number of rotatable bonds is 6. The van der Waals surface area contributed by atoms with Crippen LogP contribution in [0.3, 0.4) is 0 Å². The summed E-state index contributed by atoms with van der Waals surface area (Å²) in [6.07, 6.45) is 0. The number of hydrogen-bond acceptors (Lipinski definition) is 2. The molecule has 0 atom stereocenters. The van der Waals surface area contributed by atoms with Crippen LogP contribution in [0.25, 0.3) is 0 Å². The molecule has 0 spiro atoms. The summed E-state index contributed by atoms with van der Waals surface area (Å²) in [6.45, 7) is 7.41. The lowest BCUT2D eigenvalue weighted by atomic mass is 10.2. The molecular formula is C13H21ClN2. The summed E-state index contributed by atoms with van der Waals surface area (Å²) in [5.41, 5.74) is 1.27. The number of benzene rings is 1. The Morgan fingerprint density at radius 3 is 2.44 bits per heavy atom. The van der Waals surface area contributed by atoms with Crippen molar-refractivity contribution in [1.29, 1.82) is 0 Å². The highest BCUT2D eigenvalue weighted by molar-refractivity contribution is 6.30. The van der Waals surface area contributed by atoms with E-state index in [1.165, 1.54) is 5.56 Å². The molecule has 0 aliphatic carbocycles. The van der Waals surface area contributed by atoms with Crippen molar-refractivity contribution < 1.29 is 0 Å². The van der Waals surface area contributed by atoms with Gasteiger partial charge in [0.15, 0.2) is 0 Å². The Kier molecular flexibility index (Phi) is 5.81. The predicted octanol–water partition coefficient (Wildman–Crippen LogP) is 2.77. The minimum Gasteiger partial charge on any atom is -0.311 e. The van der Waals surface area contributed by atoms with Crippen LogP contribution in [-0.2, 0) is 6.54 Å². The van der Waals surface area contributed by atoms with Crippen LogP contribution in [0.15, 0.2) is 24.3 Å². The average Bonchev–Trinajstić information content (AvgIpc) is 2.26. The third-order valence-corrected chi connectivity index (χ3v) is 3.02. The molecule has 0 radical (unpaired) electrons. The first-order valence-corrected chi connectivity index (χ1v) is 6.13. The van der Waals surface area contributed by atoms with E-state index in [0.29, 0.717) is 6.04 Å². The van der Waals surface area contributed by atoms with Crippen LogP contribution in [0.5, 0.6) is 0 Å². The Bertz CT molecular complexity index is 295. The van der Waals surface area contributed by atoms with E-state index in [0.717, 1.165) is 24.7 Å². The van der Waals surface area contributed by atoms with Crippen molar-refractivity contribution in [1.82, 2.24) is 10.2 Å². The Balaban J connectivity index is 2.18. The maximum atomic E-state index is 5.82. The van der Waals surface area contributed by atoms with E-state index in [2.05, 4.69) is 43.2 Å². The van der Waals surface area contributed by atoms with Gasteiger partial charge in [-0.05, 0) is 38.6 Å². The highest BCUT2D eigenvalue weighted by Gasteiger charge is 2.01. The second-order valence-electron chi connectivity index (χ2n) is 4.38. The Morgan fingerprint density at radius 1 is 1.25 bits per heavy atom. The Morgan fingerprint density at radius 2 is 1.88 bits per heavy atom. The maximum Gasteiger partial charge on any atom is 0.0406 e. The molecule has 0 aliphatic rings. The molecule has 1 N–H and O–H groups in total. The van der Waals surface area contributed by atoms with Crippen molar-refractivity contribution in [3.8, 4) is 0 Å². The molecule has 90 valence electrons. The molecule has 1 rings (SSSR count). The van der Waals surface area contributed by atoms with Gasteiger partial charge in [0.05, 0.1) is 0 Å². The smallest absolute Gasteiger partial charge is 0.0406 e. The van der Waals surface area contributed by atoms with Crippen LogP contribution in [0, 0.1) is 0 Å². The van der Waals surface area contributed by atoms with Gasteiger partial charge in [-0.15, -0.1) is 0 Å². The van der Waals surface area contributed by atoms with Crippen LogP contribution in [0.1, 0.15) is 19.4 Å². The van der Waals surface area contributed by atoms with Crippen LogP contribution in [0.4, 0.5) is 0 Å². The largest absolute Gasteiger partial charge is 0.311 e. The molecule has 0 unspecified atom stereocenters. The SMILES string of the molecule is CC(C)N(C)CCNCc1ccc(Cl)cc1. The van der Waals surface area contributed by atoms with Crippen LogP contribution in [-0.4, -0.2) is 31.1 Å². The molecule has 0 amide bonds. The van der Waals surface area contributed by atoms with Gasteiger partial charge < -0.3 is 10.2 Å². The number of nitrogens with one attached hydrogen (secondary N) is 1. The average molecular weight is 241 g/mol. The molecule has 16 heavy (non-hydrogen) atoms. The van der Waals surface area contributed by atoms with E-state index in [1.54, 1.807) is 0 Å². The molecule has 0 aromatic heterocycles. The van der Waals surface area contributed by atoms with Crippen molar-refractivity contribution in [3.63, 3.8) is 0 Å². The van der Waals surface area contributed by atoms with Crippen LogP contribution in [0.2, 0.25) is 5.02 Å². The zero-order valence-electron chi connectivity index (χ0n) is 10.3. The standard InChI is InChI=1S/C13H21ClN2/c1-11(2)16(3)9-8-15-10-12-4-6-13(14)7-5-12/h4-7,11,15H,8-10H2,1-3H3. The van der Waals surface area contributed by atoms with E-state index >= 15 is 0 Å². The van der Waals surface area contributed by atoms with E-state index < -0.39 is 0 Å². The van der Waals surface area contributed by atoms with Crippen molar-refractivity contribution >= 4 is 11.6 Å². The summed E-state index contributed by atoms with van der Waals surface area (Å²) >= 11 is 5.82. The quantitative estimate of drug-likeness (QED) is 0.770. The van der Waals surface area contributed by atoms with Gasteiger partial charge in [0.1, 0.15) is 0 Å². The van der Waals surface area contributed by atoms with Crippen LogP contribution < -0.4 is 5.32 Å². The molecule has 1 aromatic carbocycles. The fourth-order valence-electron chi connectivity index (χ4n) is 1.35. The molecule has 2 nitrogen and oxygen atoms in total. The molecule has 0 bridgehead atoms. The lowest BCUT2D eigenvalue weighted by Crippen LogP contribution is -2.33. The third kappa shape index (κ3) is 4.97. The zero-order chi connectivity index (χ0) is 12.0. The minimum absolute atomic E-state index is 0.609. The maximum absolute atomic E-state index is 5.82. The first-order valence-electron chi connectivity index (χ1n) is 5.75. The third-order valence-electron chi connectivity index (χ3n) is 2.77. The van der Waals surface area contributed by atoms with Gasteiger partial charge in [-0.3, -0.25) is 0 Å². The summed E-state index contributed by atoms with van der Waals surface area (Å²) in [6, 6.07) is 8.58. The number of likely N-dealkylation sites (N-methyl/N-ethyl adjacent to an activating group) is 1. The van der Waals surface area contributed by atoms with E-state index in [9.17, 15) is 0 Å².